The second kappa shape index (κ2) is 4.70. The van der Waals surface area contributed by atoms with Gasteiger partial charge in [0.15, 0.2) is 0 Å². The average molecular weight is 280 g/mol. The number of benzene rings is 1. The third-order valence-electron chi connectivity index (χ3n) is 3.33. The van der Waals surface area contributed by atoms with Crippen LogP contribution in [0, 0.1) is 11.3 Å². The van der Waals surface area contributed by atoms with E-state index in [1.54, 1.807) is 18.2 Å². The van der Waals surface area contributed by atoms with Crippen molar-refractivity contribution in [1.82, 2.24) is 0 Å². The number of hydrogen-bond donors (Lipinski definition) is 0. The van der Waals surface area contributed by atoms with Gasteiger partial charge in [-0.15, -0.1) is 0 Å². The Kier molecular flexibility index (Phi) is 3.51. The van der Waals surface area contributed by atoms with Gasteiger partial charge >= 0.3 is 0 Å². The molecule has 0 radical (unpaired) electrons. The van der Waals surface area contributed by atoms with E-state index in [1.165, 1.54) is 0 Å². The van der Waals surface area contributed by atoms with Crippen LogP contribution in [-0.4, -0.2) is 17.3 Å². The maximum absolute atomic E-state index is 9.11. The summed E-state index contributed by atoms with van der Waals surface area (Å²) in [6.45, 7) is 8.09. The molecule has 1 aromatic rings. The predicted octanol–water partition coefficient (Wildman–Crippen LogP) is 3.94. The molecular weight excluding hydrogens is 262 g/mol. The van der Waals surface area contributed by atoms with Crippen LogP contribution in [0.25, 0.3) is 0 Å². The summed E-state index contributed by atoms with van der Waals surface area (Å²) in [6.07, 6.45) is 0.672. The molecule has 102 valence electrons. The Labute approximate surface area is 119 Å². The van der Waals surface area contributed by atoms with Crippen LogP contribution < -0.4 is 4.74 Å². The van der Waals surface area contributed by atoms with Crippen LogP contribution in [-0.2, 0) is 4.74 Å². The molecule has 4 heteroatoms. The van der Waals surface area contributed by atoms with E-state index >= 15 is 0 Å². The molecule has 1 fully saturated rings. The summed E-state index contributed by atoms with van der Waals surface area (Å²) in [4.78, 5) is 0. The Bertz CT molecular complexity index is 531. The smallest absolute Gasteiger partial charge is 0.139 e. The molecule has 0 aliphatic carbocycles. The first-order chi connectivity index (χ1) is 8.73. The Balaban J connectivity index is 2.27. The van der Waals surface area contributed by atoms with E-state index in [2.05, 4.69) is 6.07 Å². The van der Waals surface area contributed by atoms with Crippen molar-refractivity contribution in [3.63, 3.8) is 0 Å². The summed E-state index contributed by atoms with van der Waals surface area (Å²) in [5.41, 5.74) is -0.122. The summed E-state index contributed by atoms with van der Waals surface area (Å²) in [5.74, 6) is 0.523. The van der Waals surface area contributed by atoms with Crippen molar-refractivity contribution in [2.45, 2.75) is 51.4 Å². The second-order valence-corrected chi connectivity index (χ2v) is 6.46. The second-order valence-electron chi connectivity index (χ2n) is 6.03. The number of nitrogens with zero attached hydrogens (tertiary/aromatic N) is 1. The topological polar surface area (TPSA) is 42.2 Å². The van der Waals surface area contributed by atoms with Gasteiger partial charge in [0, 0.05) is 17.5 Å². The zero-order valence-corrected chi connectivity index (χ0v) is 12.4. The zero-order valence-electron chi connectivity index (χ0n) is 11.7. The molecule has 0 amide bonds. The molecule has 0 spiro atoms. The minimum atomic E-state index is -0.390. The molecule has 1 aliphatic rings. The van der Waals surface area contributed by atoms with Gasteiger partial charge in [0.2, 0.25) is 0 Å². The SMILES string of the molecule is CC1(C)CC(Oc2cc(Cl)ccc2C#N)C(C)(C)O1. The van der Waals surface area contributed by atoms with Crippen LogP contribution in [0.4, 0.5) is 0 Å². The first-order valence-electron chi connectivity index (χ1n) is 6.30. The highest BCUT2D eigenvalue weighted by atomic mass is 35.5. The average Bonchev–Trinajstić information content (AvgIpc) is 2.47. The summed E-state index contributed by atoms with van der Waals surface area (Å²) in [5, 5.41) is 9.67. The van der Waals surface area contributed by atoms with E-state index in [1.807, 2.05) is 27.7 Å². The standard InChI is InChI=1S/C15H18ClNO2/c1-14(2)8-13(15(3,4)19-14)18-12-7-11(16)6-5-10(12)9-17/h5-7,13H,8H2,1-4H3. The minimum absolute atomic E-state index is 0.104. The van der Waals surface area contributed by atoms with Gasteiger partial charge in [0.1, 0.15) is 23.5 Å². The molecule has 19 heavy (non-hydrogen) atoms. The Hall–Kier alpha value is -1.24. The summed E-state index contributed by atoms with van der Waals surface area (Å²) < 4.78 is 12.0. The fraction of sp³-hybridized carbons (Fsp3) is 0.533. The van der Waals surface area contributed by atoms with Crippen LogP contribution in [0.3, 0.4) is 0 Å². The molecular formula is C15H18ClNO2. The summed E-state index contributed by atoms with van der Waals surface area (Å²) >= 11 is 5.97. The minimum Gasteiger partial charge on any atom is -0.486 e. The van der Waals surface area contributed by atoms with E-state index in [4.69, 9.17) is 26.3 Å². The highest BCUT2D eigenvalue weighted by Crippen LogP contribution is 2.40. The monoisotopic (exact) mass is 279 g/mol. The Morgan fingerprint density at radius 2 is 2.05 bits per heavy atom. The molecule has 0 N–H and O–H groups in total. The van der Waals surface area contributed by atoms with Crippen LogP contribution in [0.5, 0.6) is 5.75 Å². The van der Waals surface area contributed by atoms with E-state index in [0.29, 0.717) is 16.3 Å². The lowest BCUT2D eigenvalue weighted by Crippen LogP contribution is -2.36. The van der Waals surface area contributed by atoms with E-state index in [9.17, 15) is 0 Å². The fourth-order valence-electron chi connectivity index (χ4n) is 2.53. The van der Waals surface area contributed by atoms with Gasteiger partial charge in [-0.05, 0) is 39.8 Å². The van der Waals surface area contributed by atoms with Crippen molar-refractivity contribution in [3.8, 4) is 11.8 Å². The van der Waals surface area contributed by atoms with Crippen molar-refractivity contribution in [2.75, 3.05) is 0 Å². The lowest BCUT2D eigenvalue weighted by Gasteiger charge is -2.27. The van der Waals surface area contributed by atoms with Gasteiger partial charge in [-0.3, -0.25) is 0 Å². The first kappa shape index (κ1) is 14.2. The molecule has 0 aromatic heterocycles. The van der Waals surface area contributed by atoms with Gasteiger partial charge < -0.3 is 9.47 Å². The number of halogens is 1. The highest BCUT2D eigenvalue weighted by molar-refractivity contribution is 6.30. The lowest BCUT2D eigenvalue weighted by molar-refractivity contribution is -0.0846. The van der Waals surface area contributed by atoms with Gasteiger partial charge in [0.05, 0.1) is 11.2 Å². The van der Waals surface area contributed by atoms with Crippen LogP contribution in [0.1, 0.15) is 39.7 Å². The van der Waals surface area contributed by atoms with E-state index in [-0.39, 0.29) is 11.7 Å². The van der Waals surface area contributed by atoms with Crippen molar-refractivity contribution in [2.24, 2.45) is 0 Å². The number of rotatable bonds is 2. The number of nitriles is 1. The molecule has 1 unspecified atom stereocenters. The van der Waals surface area contributed by atoms with Gasteiger partial charge in [-0.1, -0.05) is 11.6 Å². The third-order valence-corrected chi connectivity index (χ3v) is 3.56. The first-order valence-corrected chi connectivity index (χ1v) is 6.68. The molecule has 1 aromatic carbocycles. The molecule has 1 heterocycles. The maximum atomic E-state index is 9.11. The van der Waals surface area contributed by atoms with Crippen LogP contribution in [0.2, 0.25) is 5.02 Å². The maximum Gasteiger partial charge on any atom is 0.139 e. The number of hydrogen-bond acceptors (Lipinski definition) is 3. The van der Waals surface area contributed by atoms with Crippen LogP contribution >= 0.6 is 11.6 Å². The van der Waals surface area contributed by atoms with Gasteiger partial charge in [-0.2, -0.15) is 5.26 Å². The normalized spacial score (nSPS) is 23.9. The predicted molar refractivity (Wildman–Crippen MR) is 74.4 cm³/mol. The van der Waals surface area contributed by atoms with Gasteiger partial charge in [0.25, 0.3) is 0 Å². The van der Waals surface area contributed by atoms with Crippen molar-refractivity contribution in [3.05, 3.63) is 28.8 Å². The summed E-state index contributed by atoms with van der Waals surface area (Å²) in [6, 6.07) is 7.16. The zero-order chi connectivity index (χ0) is 14.3. The quantitative estimate of drug-likeness (QED) is 0.823. The van der Waals surface area contributed by atoms with Crippen molar-refractivity contribution in [1.29, 1.82) is 5.26 Å². The molecule has 0 bridgehead atoms. The molecule has 2 rings (SSSR count). The Morgan fingerprint density at radius 1 is 1.37 bits per heavy atom. The fourth-order valence-corrected chi connectivity index (χ4v) is 2.70. The van der Waals surface area contributed by atoms with Crippen molar-refractivity contribution < 1.29 is 9.47 Å². The van der Waals surface area contributed by atoms with E-state index in [0.717, 1.165) is 6.42 Å². The highest BCUT2D eigenvalue weighted by Gasteiger charge is 2.47. The van der Waals surface area contributed by atoms with Gasteiger partial charge in [-0.25, -0.2) is 0 Å². The van der Waals surface area contributed by atoms with Crippen molar-refractivity contribution >= 4 is 11.6 Å². The number of ether oxygens (including phenoxy) is 2. The largest absolute Gasteiger partial charge is 0.486 e. The molecule has 1 saturated heterocycles. The molecule has 0 saturated carbocycles. The lowest BCUT2D eigenvalue weighted by atomic mass is 9.97. The van der Waals surface area contributed by atoms with Crippen LogP contribution in [0.15, 0.2) is 18.2 Å². The molecule has 1 atom stereocenters. The van der Waals surface area contributed by atoms with E-state index < -0.39 is 5.60 Å². The summed E-state index contributed by atoms with van der Waals surface area (Å²) in [7, 11) is 0. The molecule has 3 nitrogen and oxygen atoms in total. The third kappa shape index (κ3) is 3.02. The molecule has 1 aliphatic heterocycles. The Morgan fingerprint density at radius 3 is 2.58 bits per heavy atom.